The first kappa shape index (κ1) is 12.8. The first-order valence-corrected chi connectivity index (χ1v) is 5.81. The van der Waals surface area contributed by atoms with Crippen molar-refractivity contribution in [1.29, 1.82) is 0 Å². The summed E-state index contributed by atoms with van der Waals surface area (Å²) in [5.74, 6) is -0.218. The van der Waals surface area contributed by atoms with E-state index in [1.165, 1.54) is 0 Å². The Morgan fingerprint density at radius 2 is 1.88 bits per heavy atom. The first-order chi connectivity index (χ1) is 7.50. The molecule has 0 radical (unpaired) electrons. The van der Waals surface area contributed by atoms with Crippen LogP contribution in [-0.2, 0) is 11.2 Å². The van der Waals surface area contributed by atoms with Gasteiger partial charge in [-0.15, -0.1) is 0 Å². The van der Waals surface area contributed by atoms with E-state index in [2.05, 4.69) is 0 Å². The quantitative estimate of drug-likeness (QED) is 0.725. The monoisotopic (exact) mass is 220 g/mol. The number of rotatable bonds is 4. The lowest BCUT2D eigenvalue weighted by Crippen LogP contribution is -2.27. The summed E-state index contributed by atoms with van der Waals surface area (Å²) >= 11 is 0. The molecule has 0 aliphatic carbocycles. The van der Waals surface area contributed by atoms with Crippen molar-refractivity contribution in [2.24, 2.45) is 0 Å². The summed E-state index contributed by atoms with van der Waals surface area (Å²) in [6.07, 6.45) is 1.66. The highest BCUT2D eigenvalue weighted by atomic mass is 16.6. The lowest BCUT2D eigenvalue weighted by atomic mass is 10.0. The van der Waals surface area contributed by atoms with Crippen LogP contribution in [0, 0.1) is 0 Å². The molecule has 0 aromatic heterocycles. The minimum absolute atomic E-state index is 0.218. The number of esters is 1. The zero-order valence-corrected chi connectivity index (χ0v) is 10.5. The zero-order chi connectivity index (χ0) is 12.2. The van der Waals surface area contributed by atoms with Gasteiger partial charge in [0, 0.05) is 0 Å². The highest BCUT2D eigenvalue weighted by Gasteiger charge is 2.22. The van der Waals surface area contributed by atoms with Crippen LogP contribution in [0.25, 0.3) is 0 Å². The van der Waals surface area contributed by atoms with E-state index in [4.69, 9.17) is 4.74 Å². The average Bonchev–Trinajstić information content (AvgIpc) is 2.28. The van der Waals surface area contributed by atoms with Gasteiger partial charge in [-0.25, -0.2) is 4.79 Å². The van der Waals surface area contributed by atoms with Crippen LogP contribution in [0.3, 0.4) is 0 Å². The summed E-state index contributed by atoms with van der Waals surface area (Å²) in [6.45, 7) is 7.91. The van der Waals surface area contributed by atoms with Gasteiger partial charge in [-0.3, -0.25) is 0 Å². The normalized spacial score (nSPS) is 11.2. The Hall–Kier alpha value is -1.31. The number of benzene rings is 1. The molecule has 0 saturated heterocycles. The van der Waals surface area contributed by atoms with Crippen LogP contribution in [0.5, 0.6) is 0 Å². The molecule has 16 heavy (non-hydrogen) atoms. The van der Waals surface area contributed by atoms with Gasteiger partial charge in [-0.2, -0.15) is 0 Å². The maximum absolute atomic E-state index is 12.0. The molecule has 0 saturated carbocycles. The predicted octanol–water partition coefficient (Wildman–Crippen LogP) is 3.59. The van der Waals surface area contributed by atoms with Gasteiger partial charge in [-0.1, -0.05) is 32.0 Å². The highest BCUT2D eigenvalue weighted by Crippen LogP contribution is 2.18. The number of aryl methyl sites for hydroxylation is 1. The van der Waals surface area contributed by atoms with Crippen molar-refractivity contribution in [3.05, 3.63) is 35.4 Å². The molecule has 0 spiro atoms. The van der Waals surface area contributed by atoms with E-state index in [1.807, 2.05) is 52.0 Å². The van der Waals surface area contributed by atoms with E-state index >= 15 is 0 Å². The molecule has 88 valence electrons. The van der Waals surface area contributed by atoms with E-state index in [1.54, 1.807) is 0 Å². The number of carbonyl (C=O) groups is 1. The van der Waals surface area contributed by atoms with Crippen LogP contribution in [0.4, 0.5) is 0 Å². The minimum atomic E-state index is -0.391. The molecule has 0 atom stereocenters. The predicted molar refractivity (Wildman–Crippen MR) is 65.6 cm³/mol. The van der Waals surface area contributed by atoms with Gasteiger partial charge in [0.2, 0.25) is 0 Å². The van der Waals surface area contributed by atoms with Gasteiger partial charge >= 0.3 is 5.97 Å². The molecular formula is C14H20O2. The largest absolute Gasteiger partial charge is 0.456 e. The summed E-state index contributed by atoms with van der Waals surface area (Å²) in [5.41, 5.74) is 1.34. The van der Waals surface area contributed by atoms with Gasteiger partial charge in [0.25, 0.3) is 0 Å². The second-order valence-electron chi connectivity index (χ2n) is 4.51. The lowest BCUT2D eigenvalue weighted by Gasteiger charge is -2.23. The van der Waals surface area contributed by atoms with Crippen LogP contribution in [0.2, 0.25) is 0 Å². The molecule has 1 aromatic rings. The Balaban J connectivity index is 2.88. The zero-order valence-electron chi connectivity index (χ0n) is 10.5. The van der Waals surface area contributed by atoms with Crippen molar-refractivity contribution in [3.8, 4) is 0 Å². The summed E-state index contributed by atoms with van der Waals surface area (Å²) in [5, 5.41) is 0. The second-order valence-corrected chi connectivity index (χ2v) is 4.51. The third kappa shape index (κ3) is 3.09. The van der Waals surface area contributed by atoms with Crippen molar-refractivity contribution in [3.63, 3.8) is 0 Å². The third-order valence-electron chi connectivity index (χ3n) is 2.84. The molecule has 0 unspecified atom stereocenters. The fraction of sp³-hybridized carbons (Fsp3) is 0.500. The summed E-state index contributed by atoms with van der Waals surface area (Å²) in [6, 6.07) is 7.61. The Bertz CT molecular complexity index is 367. The standard InChI is InChI=1S/C14H20O2/c1-5-11-9-7-8-10-12(11)13(15)16-14(3,4)6-2/h7-10H,5-6H2,1-4H3. The number of hydrogen-bond acceptors (Lipinski definition) is 2. The van der Waals surface area contributed by atoms with Crippen molar-refractivity contribution in [2.45, 2.75) is 46.1 Å². The topological polar surface area (TPSA) is 26.3 Å². The molecule has 0 bridgehead atoms. The van der Waals surface area contributed by atoms with E-state index in [0.29, 0.717) is 5.56 Å². The van der Waals surface area contributed by atoms with Gasteiger partial charge in [0.15, 0.2) is 0 Å². The van der Waals surface area contributed by atoms with E-state index < -0.39 is 5.60 Å². The molecule has 2 nitrogen and oxygen atoms in total. The Labute approximate surface area is 97.6 Å². The number of hydrogen-bond donors (Lipinski definition) is 0. The Kier molecular flexibility index (Phi) is 4.11. The molecule has 0 heterocycles. The maximum atomic E-state index is 12.0. The molecule has 0 aliphatic rings. The fourth-order valence-corrected chi connectivity index (χ4v) is 1.41. The van der Waals surface area contributed by atoms with Crippen LogP contribution in [0.1, 0.15) is 50.0 Å². The van der Waals surface area contributed by atoms with E-state index in [9.17, 15) is 4.79 Å². The third-order valence-corrected chi connectivity index (χ3v) is 2.84. The molecular weight excluding hydrogens is 200 g/mol. The van der Waals surface area contributed by atoms with E-state index in [0.717, 1.165) is 18.4 Å². The highest BCUT2D eigenvalue weighted by molar-refractivity contribution is 5.91. The Morgan fingerprint density at radius 1 is 1.25 bits per heavy atom. The van der Waals surface area contributed by atoms with Crippen molar-refractivity contribution < 1.29 is 9.53 Å². The lowest BCUT2D eigenvalue weighted by molar-refractivity contribution is -0.00254. The Morgan fingerprint density at radius 3 is 2.44 bits per heavy atom. The molecule has 2 heteroatoms. The van der Waals surface area contributed by atoms with Crippen LogP contribution >= 0.6 is 0 Å². The number of carbonyl (C=O) groups excluding carboxylic acids is 1. The fourth-order valence-electron chi connectivity index (χ4n) is 1.41. The van der Waals surface area contributed by atoms with Crippen molar-refractivity contribution in [2.75, 3.05) is 0 Å². The first-order valence-electron chi connectivity index (χ1n) is 5.81. The van der Waals surface area contributed by atoms with Crippen molar-refractivity contribution in [1.82, 2.24) is 0 Å². The molecule has 0 aliphatic heterocycles. The van der Waals surface area contributed by atoms with Gasteiger partial charge < -0.3 is 4.74 Å². The van der Waals surface area contributed by atoms with Crippen LogP contribution in [-0.4, -0.2) is 11.6 Å². The second kappa shape index (κ2) is 5.15. The van der Waals surface area contributed by atoms with E-state index in [-0.39, 0.29) is 5.97 Å². The molecule has 1 rings (SSSR count). The van der Waals surface area contributed by atoms with Crippen molar-refractivity contribution >= 4 is 5.97 Å². The van der Waals surface area contributed by atoms with Crippen LogP contribution in [0.15, 0.2) is 24.3 Å². The summed E-state index contributed by atoms with van der Waals surface area (Å²) in [4.78, 5) is 12.0. The molecule has 0 N–H and O–H groups in total. The minimum Gasteiger partial charge on any atom is -0.456 e. The van der Waals surface area contributed by atoms with Gasteiger partial charge in [0.1, 0.15) is 5.60 Å². The SMILES string of the molecule is CCc1ccccc1C(=O)OC(C)(C)CC. The maximum Gasteiger partial charge on any atom is 0.338 e. The summed E-state index contributed by atoms with van der Waals surface area (Å²) in [7, 11) is 0. The summed E-state index contributed by atoms with van der Waals surface area (Å²) < 4.78 is 5.48. The van der Waals surface area contributed by atoms with Gasteiger partial charge in [-0.05, 0) is 38.3 Å². The number of ether oxygens (including phenoxy) is 1. The molecule has 0 amide bonds. The molecule has 1 aromatic carbocycles. The van der Waals surface area contributed by atoms with Crippen LogP contribution < -0.4 is 0 Å². The van der Waals surface area contributed by atoms with Gasteiger partial charge in [0.05, 0.1) is 5.56 Å². The molecule has 0 fully saturated rings. The average molecular weight is 220 g/mol. The smallest absolute Gasteiger partial charge is 0.338 e.